The van der Waals surface area contributed by atoms with Gasteiger partial charge in [0, 0.05) is 51.9 Å². The van der Waals surface area contributed by atoms with E-state index in [0.717, 1.165) is 17.2 Å². The first-order valence-electron chi connectivity index (χ1n) is 8.56. The van der Waals surface area contributed by atoms with Crippen LogP contribution in [0.3, 0.4) is 0 Å². The highest BCUT2D eigenvalue weighted by molar-refractivity contribution is 7.13. The minimum atomic E-state index is -0.0550. The van der Waals surface area contributed by atoms with Gasteiger partial charge in [-0.25, -0.2) is 4.98 Å². The first-order valence-corrected chi connectivity index (χ1v) is 9.44. The van der Waals surface area contributed by atoms with E-state index in [-0.39, 0.29) is 24.4 Å². The number of nitrogens with one attached hydrogen (secondary N) is 1. The molecular formula is C17H21ClN6O2S. The van der Waals surface area contributed by atoms with Crippen LogP contribution in [0, 0.1) is 0 Å². The Bertz CT molecular complexity index is 878. The van der Waals surface area contributed by atoms with Crippen LogP contribution in [0.5, 0.6) is 0 Å². The van der Waals surface area contributed by atoms with Gasteiger partial charge < -0.3 is 19.3 Å². The van der Waals surface area contributed by atoms with Crippen molar-refractivity contribution in [1.82, 2.24) is 29.9 Å². The van der Waals surface area contributed by atoms with Crippen LogP contribution in [-0.2, 0) is 18.3 Å². The number of carbonyl (C=O) groups excluding carboxylic acids is 1. The van der Waals surface area contributed by atoms with E-state index in [1.807, 2.05) is 40.2 Å². The molecule has 1 fully saturated rings. The lowest BCUT2D eigenvalue weighted by Crippen LogP contribution is -2.49. The molecule has 10 heteroatoms. The number of nitrogens with zero attached hydrogens (tertiary/aromatic N) is 5. The molecule has 3 aromatic heterocycles. The van der Waals surface area contributed by atoms with Gasteiger partial charge in [-0.2, -0.15) is 4.98 Å². The molecule has 1 aliphatic heterocycles. The lowest BCUT2D eigenvalue weighted by atomic mass is 10.1. The standard InChI is InChI=1S/C17H20N6O2S.ClH/c1-22-8-7-19-17(22)12-11-18-6-9-23(12)15(24)5-4-14-20-16(21-25-14)13-3-2-10-26-13;/h2-3,7-8,10,12,18H,4-6,9,11H2,1H3;1H. The smallest absolute Gasteiger partial charge is 0.227 e. The van der Waals surface area contributed by atoms with Crippen LogP contribution >= 0.6 is 23.7 Å². The summed E-state index contributed by atoms with van der Waals surface area (Å²) in [6.45, 7) is 2.16. The molecule has 0 bridgehead atoms. The van der Waals surface area contributed by atoms with Gasteiger partial charge in [0.05, 0.1) is 4.88 Å². The fourth-order valence-electron chi connectivity index (χ4n) is 3.15. The summed E-state index contributed by atoms with van der Waals surface area (Å²) in [7, 11) is 1.95. The van der Waals surface area contributed by atoms with Crippen molar-refractivity contribution < 1.29 is 9.32 Å². The summed E-state index contributed by atoms with van der Waals surface area (Å²) >= 11 is 1.56. The average Bonchev–Trinajstić information content (AvgIpc) is 3.41. The van der Waals surface area contributed by atoms with Crippen molar-refractivity contribution in [1.29, 1.82) is 0 Å². The second-order valence-corrected chi connectivity index (χ2v) is 7.14. The molecule has 3 aromatic rings. The lowest BCUT2D eigenvalue weighted by molar-refractivity contribution is -0.134. The van der Waals surface area contributed by atoms with Crippen molar-refractivity contribution in [3.63, 3.8) is 0 Å². The van der Waals surface area contributed by atoms with E-state index in [4.69, 9.17) is 4.52 Å². The van der Waals surface area contributed by atoms with Crippen molar-refractivity contribution >= 4 is 29.7 Å². The van der Waals surface area contributed by atoms with Crippen molar-refractivity contribution in [2.45, 2.75) is 18.9 Å². The molecule has 1 saturated heterocycles. The number of aromatic nitrogens is 4. The SMILES string of the molecule is Cl.Cn1ccnc1C1CNCCN1C(=O)CCc1nc(-c2cccs2)no1. The molecule has 4 rings (SSSR count). The molecule has 0 spiro atoms. The van der Waals surface area contributed by atoms with Crippen molar-refractivity contribution in [3.05, 3.63) is 41.6 Å². The van der Waals surface area contributed by atoms with E-state index in [1.165, 1.54) is 0 Å². The van der Waals surface area contributed by atoms with Gasteiger partial charge in [-0.15, -0.1) is 23.7 Å². The number of hydrogen-bond acceptors (Lipinski definition) is 7. The van der Waals surface area contributed by atoms with Crippen LogP contribution in [0.25, 0.3) is 10.7 Å². The highest BCUT2D eigenvalue weighted by atomic mass is 35.5. The predicted molar refractivity (Wildman–Crippen MR) is 104 cm³/mol. The molecule has 0 aliphatic carbocycles. The number of carbonyl (C=O) groups is 1. The normalized spacial score (nSPS) is 16.9. The third-order valence-corrected chi connectivity index (χ3v) is 5.35. The highest BCUT2D eigenvalue weighted by Crippen LogP contribution is 2.23. The predicted octanol–water partition coefficient (Wildman–Crippen LogP) is 2.06. The van der Waals surface area contributed by atoms with Gasteiger partial charge in [-0.05, 0) is 11.4 Å². The number of thiophene rings is 1. The van der Waals surface area contributed by atoms with Crippen LogP contribution in [0.2, 0.25) is 0 Å². The molecule has 0 aromatic carbocycles. The van der Waals surface area contributed by atoms with Crippen molar-refractivity contribution in [2.24, 2.45) is 7.05 Å². The Morgan fingerprint density at radius 1 is 1.48 bits per heavy atom. The number of halogens is 1. The molecule has 8 nitrogen and oxygen atoms in total. The second-order valence-electron chi connectivity index (χ2n) is 6.19. The minimum Gasteiger partial charge on any atom is -0.339 e. The number of hydrogen-bond donors (Lipinski definition) is 1. The summed E-state index contributed by atoms with van der Waals surface area (Å²) in [6, 6.07) is 3.84. The molecule has 1 N–H and O–H groups in total. The fraction of sp³-hybridized carbons (Fsp3) is 0.412. The Kier molecular flexibility index (Phi) is 6.25. The van der Waals surface area contributed by atoms with Crippen LogP contribution in [0.1, 0.15) is 24.2 Å². The molecule has 0 radical (unpaired) electrons. The Hall–Kier alpha value is -2.23. The number of rotatable bonds is 5. The maximum absolute atomic E-state index is 12.8. The minimum absolute atomic E-state index is 0. The van der Waals surface area contributed by atoms with Crippen LogP contribution in [0.15, 0.2) is 34.4 Å². The van der Waals surface area contributed by atoms with Crippen LogP contribution in [-0.4, -0.2) is 50.1 Å². The monoisotopic (exact) mass is 408 g/mol. The van der Waals surface area contributed by atoms with Gasteiger partial charge in [0.25, 0.3) is 0 Å². The quantitative estimate of drug-likeness (QED) is 0.695. The van der Waals surface area contributed by atoms with Crippen LogP contribution in [0.4, 0.5) is 0 Å². The number of imidazole rings is 1. The summed E-state index contributed by atoms with van der Waals surface area (Å²) in [5.74, 6) is 2.04. The molecule has 1 amide bonds. The third-order valence-electron chi connectivity index (χ3n) is 4.48. The lowest BCUT2D eigenvalue weighted by Gasteiger charge is -2.35. The molecule has 1 unspecified atom stereocenters. The van der Waals surface area contributed by atoms with Gasteiger partial charge >= 0.3 is 0 Å². The number of piperazine rings is 1. The van der Waals surface area contributed by atoms with Gasteiger partial charge in [-0.3, -0.25) is 4.79 Å². The molecule has 0 saturated carbocycles. The first-order chi connectivity index (χ1) is 12.7. The largest absolute Gasteiger partial charge is 0.339 e. The number of amides is 1. The zero-order chi connectivity index (χ0) is 17.9. The molecule has 1 atom stereocenters. The van der Waals surface area contributed by atoms with E-state index >= 15 is 0 Å². The zero-order valence-electron chi connectivity index (χ0n) is 14.9. The van der Waals surface area contributed by atoms with Crippen LogP contribution < -0.4 is 5.32 Å². The van der Waals surface area contributed by atoms with E-state index in [0.29, 0.717) is 37.6 Å². The second kappa shape index (κ2) is 8.64. The van der Waals surface area contributed by atoms with E-state index < -0.39 is 0 Å². The Morgan fingerprint density at radius 3 is 3.11 bits per heavy atom. The molecular weight excluding hydrogens is 388 g/mol. The van der Waals surface area contributed by atoms with E-state index in [1.54, 1.807) is 17.5 Å². The van der Waals surface area contributed by atoms with E-state index in [2.05, 4.69) is 20.4 Å². The highest BCUT2D eigenvalue weighted by Gasteiger charge is 2.30. The topological polar surface area (TPSA) is 89.1 Å². The van der Waals surface area contributed by atoms with Gasteiger partial charge in [0.2, 0.25) is 17.6 Å². The molecule has 1 aliphatic rings. The van der Waals surface area contributed by atoms with E-state index in [9.17, 15) is 4.79 Å². The maximum Gasteiger partial charge on any atom is 0.227 e. The Balaban J connectivity index is 0.00000210. The summed E-state index contributed by atoms with van der Waals surface area (Å²) < 4.78 is 7.25. The van der Waals surface area contributed by atoms with Crippen molar-refractivity contribution in [3.8, 4) is 10.7 Å². The molecule has 4 heterocycles. The average molecular weight is 409 g/mol. The molecule has 27 heavy (non-hydrogen) atoms. The van der Waals surface area contributed by atoms with Gasteiger partial charge in [0.1, 0.15) is 11.9 Å². The number of aryl methyl sites for hydroxylation is 2. The fourth-order valence-corrected chi connectivity index (χ4v) is 3.80. The maximum atomic E-state index is 12.8. The summed E-state index contributed by atoms with van der Waals surface area (Å²) in [6.07, 6.45) is 4.44. The first kappa shape index (κ1) is 19.5. The summed E-state index contributed by atoms with van der Waals surface area (Å²) in [4.78, 5) is 24.5. The van der Waals surface area contributed by atoms with Gasteiger partial charge in [0.15, 0.2) is 0 Å². The van der Waals surface area contributed by atoms with Crippen molar-refractivity contribution in [2.75, 3.05) is 19.6 Å². The zero-order valence-corrected chi connectivity index (χ0v) is 16.5. The third kappa shape index (κ3) is 4.20. The summed E-state index contributed by atoms with van der Waals surface area (Å²) in [5.41, 5.74) is 0. The summed E-state index contributed by atoms with van der Waals surface area (Å²) in [5, 5.41) is 9.30. The Morgan fingerprint density at radius 2 is 2.37 bits per heavy atom. The Labute approximate surface area is 167 Å². The molecule has 144 valence electrons. The van der Waals surface area contributed by atoms with Gasteiger partial charge in [-0.1, -0.05) is 11.2 Å².